The number of carbonyl (C=O) groups excluding carboxylic acids is 1. The highest BCUT2D eigenvalue weighted by molar-refractivity contribution is 7.07. The molecular formula is C14H19NO3S. The fourth-order valence-electron chi connectivity index (χ4n) is 2.48. The SMILES string of the molecule is O=C(O)CC1CCN(C(=O)CCc2ccsc2)CC1. The van der Waals surface area contributed by atoms with E-state index < -0.39 is 5.97 Å². The molecular weight excluding hydrogens is 262 g/mol. The van der Waals surface area contributed by atoms with Gasteiger partial charge >= 0.3 is 5.97 Å². The van der Waals surface area contributed by atoms with E-state index in [4.69, 9.17) is 5.11 Å². The number of hydrogen-bond donors (Lipinski definition) is 1. The number of piperidine rings is 1. The molecule has 0 saturated carbocycles. The molecule has 0 atom stereocenters. The van der Waals surface area contributed by atoms with Gasteiger partial charge in [0.05, 0.1) is 0 Å². The molecule has 1 aliphatic heterocycles. The van der Waals surface area contributed by atoms with Crippen LogP contribution in [0.3, 0.4) is 0 Å². The first-order valence-corrected chi connectivity index (χ1v) is 7.60. The highest BCUT2D eigenvalue weighted by atomic mass is 32.1. The van der Waals surface area contributed by atoms with Gasteiger partial charge in [0.1, 0.15) is 0 Å². The molecule has 2 rings (SSSR count). The summed E-state index contributed by atoms with van der Waals surface area (Å²) in [6, 6.07) is 2.05. The predicted octanol–water partition coefficient (Wildman–Crippen LogP) is 2.39. The monoisotopic (exact) mass is 281 g/mol. The molecule has 0 aliphatic carbocycles. The number of aryl methyl sites for hydroxylation is 1. The zero-order valence-electron chi connectivity index (χ0n) is 10.9. The fourth-order valence-corrected chi connectivity index (χ4v) is 3.18. The molecule has 1 fully saturated rings. The fraction of sp³-hybridized carbons (Fsp3) is 0.571. The summed E-state index contributed by atoms with van der Waals surface area (Å²) in [6.07, 6.45) is 3.22. The number of amides is 1. The summed E-state index contributed by atoms with van der Waals surface area (Å²) in [6.45, 7) is 1.42. The molecule has 104 valence electrons. The smallest absolute Gasteiger partial charge is 0.303 e. The number of carboxylic acid groups (broad SMARTS) is 1. The Bertz CT molecular complexity index is 422. The molecule has 1 aliphatic rings. The first-order valence-electron chi connectivity index (χ1n) is 6.66. The van der Waals surface area contributed by atoms with Crippen LogP contribution in [-0.2, 0) is 16.0 Å². The Labute approximate surface area is 117 Å². The second-order valence-electron chi connectivity index (χ2n) is 5.05. The molecule has 0 unspecified atom stereocenters. The van der Waals surface area contributed by atoms with Crippen molar-refractivity contribution in [1.29, 1.82) is 0 Å². The summed E-state index contributed by atoms with van der Waals surface area (Å²) in [4.78, 5) is 24.6. The van der Waals surface area contributed by atoms with Crippen LogP contribution in [0, 0.1) is 5.92 Å². The molecule has 0 bridgehead atoms. The third-order valence-corrected chi connectivity index (χ3v) is 4.37. The number of aliphatic carboxylic acids is 1. The van der Waals surface area contributed by atoms with Crippen molar-refractivity contribution >= 4 is 23.2 Å². The Kier molecular flexibility index (Phi) is 4.96. The van der Waals surface area contributed by atoms with E-state index >= 15 is 0 Å². The lowest BCUT2D eigenvalue weighted by molar-refractivity contribution is -0.138. The van der Waals surface area contributed by atoms with Gasteiger partial charge in [-0.1, -0.05) is 0 Å². The average Bonchev–Trinajstić information content (AvgIpc) is 2.89. The Morgan fingerprint density at radius 1 is 1.37 bits per heavy atom. The first-order chi connectivity index (χ1) is 9.15. The van der Waals surface area contributed by atoms with E-state index in [-0.39, 0.29) is 18.2 Å². The number of thiophene rings is 1. The van der Waals surface area contributed by atoms with Crippen molar-refractivity contribution in [3.05, 3.63) is 22.4 Å². The summed E-state index contributed by atoms with van der Waals surface area (Å²) < 4.78 is 0. The molecule has 1 N–H and O–H groups in total. The van der Waals surface area contributed by atoms with Crippen LogP contribution in [0.15, 0.2) is 16.8 Å². The van der Waals surface area contributed by atoms with Gasteiger partial charge in [-0.3, -0.25) is 9.59 Å². The van der Waals surface area contributed by atoms with E-state index in [1.54, 1.807) is 11.3 Å². The normalized spacial score (nSPS) is 16.5. The van der Waals surface area contributed by atoms with Crippen LogP contribution in [-0.4, -0.2) is 35.0 Å². The van der Waals surface area contributed by atoms with Gasteiger partial charge in [0.15, 0.2) is 0 Å². The molecule has 1 aromatic heterocycles. The van der Waals surface area contributed by atoms with Gasteiger partial charge in [0, 0.05) is 25.9 Å². The van der Waals surface area contributed by atoms with Gasteiger partial charge in [0.2, 0.25) is 5.91 Å². The van der Waals surface area contributed by atoms with Crippen LogP contribution >= 0.6 is 11.3 Å². The van der Waals surface area contributed by atoms with Crippen LogP contribution in [0.2, 0.25) is 0 Å². The van der Waals surface area contributed by atoms with Crippen LogP contribution in [0.25, 0.3) is 0 Å². The number of nitrogens with zero attached hydrogens (tertiary/aromatic N) is 1. The lowest BCUT2D eigenvalue weighted by atomic mass is 9.93. The zero-order chi connectivity index (χ0) is 13.7. The highest BCUT2D eigenvalue weighted by Crippen LogP contribution is 2.21. The lowest BCUT2D eigenvalue weighted by Gasteiger charge is -2.31. The van der Waals surface area contributed by atoms with Crippen molar-refractivity contribution in [3.8, 4) is 0 Å². The summed E-state index contributed by atoms with van der Waals surface area (Å²) >= 11 is 1.65. The molecule has 1 saturated heterocycles. The minimum atomic E-state index is -0.734. The summed E-state index contributed by atoms with van der Waals surface area (Å²) in [5.74, 6) is -0.305. The Morgan fingerprint density at radius 3 is 2.68 bits per heavy atom. The van der Waals surface area contributed by atoms with E-state index in [0.717, 1.165) is 19.3 Å². The highest BCUT2D eigenvalue weighted by Gasteiger charge is 2.23. The van der Waals surface area contributed by atoms with E-state index in [0.29, 0.717) is 19.5 Å². The number of carbonyl (C=O) groups is 2. The van der Waals surface area contributed by atoms with Crippen LogP contribution in [0.5, 0.6) is 0 Å². The van der Waals surface area contributed by atoms with Crippen molar-refractivity contribution in [2.45, 2.75) is 32.1 Å². The van der Waals surface area contributed by atoms with Crippen molar-refractivity contribution in [2.24, 2.45) is 5.92 Å². The van der Waals surface area contributed by atoms with Gasteiger partial charge < -0.3 is 10.0 Å². The first kappa shape index (κ1) is 14.1. The van der Waals surface area contributed by atoms with Gasteiger partial charge in [0.25, 0.3) is 0 Å². The molecule has 1 amide bonds. The Morgan fingerprint density at radius 2 is 2.11 bits per heavy atom. The lowest BCUT2D eigenvalue weighted by Crippen LogP contribution is -2.39. The van der Waals surface area contributed by atoms with Crippen LogP contribution in [0.1, 0.15) is 31.2 Å². The maximum Gasteiger partial charge on any atom is 0.303 e. The minimum Gasteiger partial charge on any atom is -0.481 e. The minimum absolute atomic E-state index is 0.194. The standard InChI is InChI=1S/C14H19NO3S/c16-13(2-1-12-5-8-19-10-12)15-6-3-11(4-7-15)9-14(17)18/h5,8,10-11H,1-4,6-7,9H2,(H,17,18). The molecule has 0 radical (unpaired) electrons. The number of rotatable bonds is 5. The molecule has 1 aromatic rings. The Balaban J connectivity index is 1.71. The maximum absolute atomic E-state index is 12.0. The second-order valence-corrected chi connectivity index (χ2v) is 5.83. The summed E-state index contributed by atoms with van der Waals surface area (Å²) in [5.41, 5.74) is 1.22. The van der Waals surface area contributed by atoms with Crippen molar-refractivity contribution in [3.63, 3.8) is 0 Å². The maximum atomic E-state index is 12.0. The zero-order valence-corrected chi connectivity index (χ0v) is 11.7. The molecule has 4 nitrogen and oxygen atoms in total. The van der Waals surface area contributed by atoms with E-state index in [2.05, 4.69) is 11.4 Å². The summed E-state index contributed by atoms with van der Waals surface area (Å²) in [5, 5.41) is 12.9. The van der Waals surface area contributed by atoms with Gasteiger partial charge in [-0.15, -0.1) is 0 Å². The molecule has 0 spiro atoms. The number of likely N-dealkylation sites (tertiary alicyclic amines) is 1. The molecule has 19 heavy (non-hydrogen) atoms. The number of hydrogen-bond acceptors (Lipinski definition) is 3. The van der Waals surface area contributed by atoms with E-state index in [1.807, 2.05) is 10.3 Å². The van der Waals surface area contributed by atoms with E-state index in [9.17, 15) is 9.59 Å². The van der Waals surface area contributed by atoms with Crippen LogP contribution < -0.4 is 0 Å². The van der Waals surface area contributed by atoms with Gasteiger partial charge in [-0.25, -0.2) is 0 Å². The quantitative estimate of drug-likeness (QED) is 0.901. The third-order valence-electron chi connectivity index (χ3n) is 3.64. The molecule has 5 heteroatoms. The molecule has 2 heterocycles. The van der Waals surface area contributed by atoms with Crippen molar-refractivity contribution in [1.82, 2.24) is 4.90 Å². The van der Waals surface area contributed by atoms with Gasteiger partial charge in [-0.2, -0.15) is 11.3 Å². The van der Waals surface area contributed by atoms with Crippen molar-refractivity contribution < 1.29 is 14.7 Å². The summed E-state index contributed by atoms with van der Waals surface area (Å²) in [7, 11) is 0. The topological polar surface area (TPSA) is 57.6 Å². The predicted molar refractivity (Wildman–Crippen MR) is 74.2 cm³/mol. The molecule has 0 aromatic carbocycles. The van der Waals surface area contributed by atoms with Crippen molar-refractivity contribution in [2.75, 3.05) is 13.1 Å². The average molecular weight is 281 g/mol. The van der Waals surface area contributed by atoms with Crippen LogP contribution in [0.4, 0.5) is 0 Å². The third kappa shape index (κ3) is 4.35. The van der Waals surface area contributed by atoms with Gasteiger partial charge in [-0.05, 0) is 47.6 Å². The number of carboxylic acids is 1. The second kappa shape index (κ2) is 6.70. The largest absolute Gasteiger partial charge is 0.481 e. The Hall–Kier alpha value is -1.36. The van der Waals surface area contributed by atoms with E-state index in [1.165, 1.54) is 5.56 Å².